The number of benzene rings is 3. The fourth-order valence-corrected chi connectivity index (χ4v) is 4.02. The van der Waals surface area contributed by atoms with Crippen LogP contribution in [-0.4, -0.2) is 23.2 Å². The molecule has 1 aliphatic rings. The van der Waals surface area contributed by atoms with E-state index < -0.39 is 6.04 Å². The Morgan fingerprint density at radius 1 is 0.967 bits per heavy atom. The van der Waals surface area contributed by atoms with Crippen LogP contribution in [0.25, 0.3) is 11.3 Å². The molecule has 0 saturated carbocycles. The van der Waals surface area contributed by atoms with E-state index in [0.29, 0.717) is 22.8 Å². The predicted molar refractivity (Wildman–Crippen MR) is 112 cm³/mol. The second kappa shape index (κ2) is 7.15. The largest absolute Gasteiger partial charge is 0.496 e. The minimum atomic E-state index is -0.469. The van der Waals surface area contributed by atoms with E-state index in [1.807, 2.05) is 54.6 Å². The average Bonchev–Trinajstić information content (AvgIpc) is 3.34. The number of rotatable bonds is 4. The van der Waals surface area contributed by atoms with Crippen LogP contribution in [0.15, 0.2) is 78.9 Å². The molecule has 148 valence electrons. The number of halogens is 1. The van der Waals surface area contributed by atoms with Gasteiger partial charge in [-0.2, -0.15) is 5.10 Å². The molecule has 3 aromatic carbocycles. The lowest BCUT2D eigenvalue weighted by Gasteiger charge is -2.27. The molecular weight excluding hydrogens is 381 g/mol. The molecule has 2 heterocycles. The third-order valence-corrected chi connectivity index (χ3v) is 5.35. The average molecular weight is 399 g/mol. The molecule has 1 N–H and O–H groups in total. The lowest BCUT2D eigenvalue weighted by atomic mass is 9.95. The van der Waals surface area contributed by atoms with Crippen molar-refractivity contribution in [2.24, 2.45) is 0 Å². The zero-order valence-electron chi connectivity index (χ0n) is 16.2. The van der Waals surface area contributed by atoms with Crippen LogP contribution in [0.3, 0.4) is 0 Å². The van der Waals surface area contributed by atoms with Gasteiger partial charge in [-0.15, -0.1) is 0 Å². The van der Waals surface area contributed by atoms with Gasteiger partial charge in [0.05, 0.1) is 18.8 Å². The number of hydrogen-bond acceptors (Lipinski definition) is 3. The molecule has 5 nitrogen and oxygen atoms in total. The number of aromatic amines is 1. The maximum Gasteiger partial charge on any atom is 0.277 e. The van der Waals surface area contributed by atoms with Crippen LogP contribution in [-0.2, 0) is 0 Å². The topological polar surface area (TPSA) is 58.2 Å². The number of nitrogens with one attached hydrogen (secondary N) is 1. The van der Waals surface area contributed by atoms with Gasteiger partial charge in [0.2, 0.25) is 0 Å². The maximum absolute atomic E-state index is 13.6. The molecule has 1 aromatic heterocycles. The van der Waals surface area contributed by atoms with Crippen LogP contribution in [0.2, 0.25) is 0 Å². The fourth-order valence-electron chi connectivity index (χ4n) is 4.02. The van der Waals surface area contributed by atoms with Gasteiger partial charge in [-0.25, -0.2) is 4.39 Å². The number of anilines is 1. The Bertz CT molecular complexity index is 1220. The molecular formula is C24H18FN3O2. The summed E-state index contributed by atoms with van der Waals surface area (Å²) >= 11 is 0. The molecule has 1 amide bonds. The van der Waals surface area contributed by atoms with Crippen molar-refractivity contribution >= 4 is 11.6 Å². The molecule has 1 unspecified atom stereocenters. The lowest BCUT2D eigenvalue weighted by molar-refractivity contribution is 0.0988. The van der Waals surface area contributed by atoms with Crippen molar-refractivity contribution in [3.05, 3.63) is 102 Å². The van der Waals surface area contributed by atoms with Gasteiger partial charge in [-0.1, -0.05) is 48.5 Å². The molecule has 0 saturated heterocycles. The minimum Gasteiger partial charge on any atom is -0.496 e. The SMILES string of the molecule is COc1ccccc1C1c2c(-c3ccccc3)n[nH]c2C(=O)N1c1ccc(F)cc1. The number of ether oxygens (including phenoxy) is 1. The number of aromatic nitrogens is 2. The van der Waals surface area contributed by atoms with E-state index in [1.165, 1.54) is 12.1 Å². The van der Waals surface area contributed by atoms with Crippen molar-refractivity contribution in [1.82, 2.24) is 10.2 Å². The van der Waals surface area contributed by atoms with Crippen molar-refractivity contribution in [2.75, 3.05) is 12.0 Å². The fraction of sp³-hybridized carbons (Fsp3) is 0.0833. The van der Waals surface area contributed by atoms with Crippen LogP contribution in [0, 0.1) is 5.82 Å². The highest BCUT2D eigenvalue weighted by atomic mass is 19.1. The van der Waals surface area contributed by atoms with E-state index in [2.05, 4.69) is 10.2 Å². The van der Waals surface area contributed by atoms with E-state index in [0.717, 1.165) is 16.7 Å². The molecule has 30 heavy (non-hydrogen) atoms. The molecule has 0 spiro atoms. The van der Waals surface area contributed by atoms with Crippen LogP contribution < -0.4 is 9.64 Å². The number of carbonyl (C=O) groups is 1. The summed E-state index contributed by atoms with van der Waals surface area (Å²) in [6.07, 6.45) is 0. The van der Waals surface area contributed by atoms with Crippen molar-refractivity contribution < 1.29 is 13.9 Å². The van der Waals surface area contributed by atoms with Crippen molar-refractivity contribution in [1.29, 1.82) is 0 Å². The van der Waals surface area contributed by atoms with E-state index in [-0.39, 0.29) is 11.7 Å². The van der Waals surface area contributed by atoms with E-state index in [1.54, 1.807) is 24.1 Å². The summed E-state index contributed by atoms with van der Waals surface area (Å²) in [7, 11) is 1.60. The van der Waals surface area contributed by atoms with Gasteiger partial charge in [0, 0.05) is 22.4 Å². The monoisotopic (exact) mass is 399 g/mol. The number of carbonyl (C=O) groups excluding carboxylic acids is 1. The number of H-pyrrole nitrogens is 1. The van der Waals surface area contributed by atoms with Gasteiger partial charge in [0.1, 0.15) is 17.3 Å². The molecule has 0 bridgehead atoms. The number of hydrogen-bond donors (Lipinski definition) is 1. The first kappa shape index (κ1) is 18.1. The predicted octanol–water partition coefficient (Wildman–Crippen LogP) is 4.97. The van der Waals surface area contributed by atoms with Crippen LogP contribution >= 0.6 is 0 Å². The second-order valence-electron chi connectivity index (χ2n) is 7.02. The van der Waals surface area contributed by atoms with Gasteiger partial charge >= 0.3 is 0 Å². The van der Waals surface area contributed by atoms with Gasteiger partial charge in [-0.3, -0.25) is 14.8 Å². The Kier molecular flexibility index (Phi) is 4.32. The Morgan fingerprint density at radius 2 is 1.67 bits per heavy atom. The Balaban J connectivity index is 1.76. The summed E-state index contributed by atoms with van der Waals surface area (Å²) in [5.74, 6) is 0.0852. The Morgan fingerprint density at radius 3 is 2.40 bits per heavy atom. The first-order chi connectivity index (χ1) is 14.7. The Labute approximate surface area is 172 Å². The molecule has 5 rings (SSSR count). The molecule has 1 aliphatic heterocycles. The molecule has 0 radical (unpaired) electrons. The molecule has 0 fully saturated rings. The quantitative estimate of drug-likeness (QED) is 0.527. The van der Waals surface area contributed by atoms with Gasteiger partial charge < -0.3 is 4.74 Å². The number of fused-ring (bicyclic) bond motifs is 1. The summed E-state index contributed by atoms with van der Waals surface area (Å²) in [4.78, 5) is 15.1. The smallest absolute Gasteiger partial charge is 0.277 e. The van der Waals surface area contributed by atoms with E-state index >= 15 is 0 Å². The molecule has 0 aliphatic carbocycles. The van der Waals surface area contributed by atoms with Gasteiger partial charge in [-0.05, 0) is 30.3 Å². The Hall–Kier alpha value is -3.93. The number of amides is 1. The zero-order chi connectivity index (χ0) is 20.7. The van der Waals surface area contributed by atoms with E-state index in [4.69, 9.17) is 4.74 Å². The summed E-state index contributed by atoms with van der Waals surface area (Å²) < 4.78 is 19.2. The zero-order valence-corrected chi connectivity index (χ0v) is 16.2. The molecule has 6 heteroatoms. The van der Waals surface area contributed by atoms with Gasteiger partial charge in [0.25, 0.3) is 5.91 Å². The number of nitrogens with zero attached hydrogens (tertiary/aromatic N) is 2. The molecule has 4 aromatic rings. The standard InChI is InChI=1S/C24H18FN3O2/c1-30-19-10-6-5-9-18(19)23-20-21(15-7-3-2-4-8-15)26-27-22(20)24(29)28(23)17-13-11-16(25)12-14-17/h2-14,23H,1H3,(H,26,27). The van der Waals surface area contributed by atoms with Crippen LogP contribution in [0.5, 0.6) is 5.75 Å². The highest BCUT2D eigenvalue weighted by molar-refractivity contribution is 6.11. The van der Waals surface area contributed by atoms with E-state index in [9.17, 15) is 9.18 Å². The highest BCUT2D eigenvalue weighted by Gasteiger charge is 2.44. The summed E-state index contributed by atoms with van der Waals surface area (Å²) in [6, 6.07) is 22.8. The maximum atomic E-state index is 13.6. The van der Waals surface area contributed by atoms with Crippen molar-refractivity contribution in [3.63, 3.8) is 0 Å². The summed E-state index contributed by atoms with van der Waals surface area (Å²) in [5, 5.41) is 7.39. The minimum absolute atomic E-state index is 0.220. The van der Waals surface area contributed by atoms with Crippen molar-refractivity contribution in [3.8, 4) is 17.0 Å². The van der Waals surface area contributed by atoms with Gasteiger partial charge in [0.15, 0.2) is 0 Å². The third-order valence-electron chi connectivity index (χ3n) is 5.35. The third kappa shape index (κ3) is 2.76. The first-order valence-corrected chi connectivity index (χ1v) is 9.54. The van der Waals surface area contributed by atoms with Crippen LogP contribution in [0.1, 0.15) is 27.7 Å². The van der Waals surface area contributed by atoms with Crippen molar-refractivity contribution in [2.45, 2.75) is 6.04 Å². The normalized spacial score (nSPS) is 15.3. The highest BCUT2D eigenvalue weighted by Crippen LogP contribution is 2.47. The lowest BCUT2D eigenvalue weighted by Crippen LogP contribution is -2.29. The first-order valence-electron chi connectivity index (χ1n) is 9.54. The number of para-hydroxylation sites is 1. The van der Waals surface area contributed by atoms with Crippen LogP contribution in [0.4, 0.5) is 10.1 Å². The summed E-state index contributed by atoms with van der Waals surface area (Å²) in [6.45, 7) is 0. The number of methoxy groups -OCH3 is 1. The second-order valence-corrected chi connectivity index (χ2v) is 7.02. The summed E-state index contributed by atoms with van der Waals surface area (Å²) in [5.41, 5.74) is 4.24. The molecule has 1 atom stereocenters.